The molecule has 0 bridgehead atoms. The van der Waals surface area contributed by atoms with Crippen LogP contribution in [0.15, 0.2) is 0 Å². The fourth-order valence-electron chi connectivity index (χ4n) is 1.27. The summed E-state index contributed by atoms with van der Waals surface area (Å²) in [4.78, 5) is 12.6. The Balaban J connectivity index is 2.63. The summed E-state index contributed by atoms with van der Waals surface area (Å²) in [5.74, 6) is -0.861. The van der Waals surface area contributed by atoms with Gasteiger partial charge in [-0.05, 0) is 20.9 Å². The van der Waals surface area contributed by atoms with E-state index in [-0.39, 0.29) is 11.5 Å². The Bertz CT molecular complexity index is 165. The first-order valence-corrected chi connectivity index (χ1v) is 3.40. The second-order valence-electron chi connectivity index (χ2n) is 3.43. The van der Waals surface area contributed by atoms with Crippen LogP contribution in [0.4, 0.5) is 0 Å². The molecule has 3 nitrogen and oxygen atoms in total. The van der Waals surface area contributed by atoms with Gasteiger partial charge in [0.15, 0.2) is 0 Å². The summed E-state index contributed by atoms with van der Waals surface area (Å²) in [6.07, 6.45) is 0. The van der Waals surface area contributed by atoms with Crippen molar-refractivity contribution >= 4 is 5.97 Å². The van der Waals surface area contributed by atoms with Gasteiger partial charge in [-0.2, -0.15) is 0 Å². The van der Waals surface area contributed by atoms with E-state index >= 15 is 0 Å². The van der Waals surface area contributed by atoms with E-state index in [4.69, 9.17) is 5.11 Å². The first-order valence-electron chi connectivity index (χ1n) is 3.40. The Labute approximate surface area is 60.6 Å². The van der Waals surface area contributed by atoms with E-state index in [0.29, 0.717) is 6.54 Å². The predicted octanol–water partition coefficient (Wildman–Crippen LogP) is 0.411. The Morgan fingerprint density at radius 1 is 1.70 bits per heavy atom. The van der Waals surface area contributed by atoms with Crippen molar-refractivity contribution in [2.75, 3.05) is 13.6 Å². The van der Waals surface area contributed by atoms with Gasteiger partial charge in [-0.3, -0.25) is 9.69 Å². The number of carboxylic acids is 1. The number of aliphatic carboxylic acids is 1. The zero-order valence-electron chi connectivity index (χ0n) is 6.59. The van der Waals surface area contributed by atoms with Crippen LogP contribution >= 0.6 is 0 Å². The summed E-state index contributed by atoms with van der Waals surface area (Å²) < 4.78 is 0. The third kappa shape index (κ3) is 0.814. The molecule has 0 amide bonds. The minimum atomic E-state index is -0.678. The Morgan fingerprint density at radius 2 is 2.20 bits per heavy atom. The van der Waals surface area contributed by atoms with Gasteiger partial charge in [0.1, 0.15) is 0 Å². The van der Waals surface area contributed by atoms with Crippen LogP contribution in [0.2, 0.25) is 0 Å². The first kappa shape index (κ1) is 7.54. The molecule has 1 rings (SSSR count). The minimum Gasteiger partial charge on any atom is -0.481 e. The third-order valence-electron chi connectivity index (χ3n) is 2.59. The van der Waals surface area contributed by atoms with Crippen molar-refractivity contribution in [3.8, 4) is 0 Å². The van der Waals surface area contributed by atoms with Crippen LogP contribution in [0.1, 0.15) is 13.8 Å². The largest absolute Gasteiger partial charge is 0.481 e. The van der Waals surface area contributed by atoms with Crippen molar-refractivity contribution in [2.24, 2.45) is 5.92 Å². The fraction of sp³-hybridized carbons (Fsp3) is 0.857. The molecule has 1 aliphatic rings. The van der Waals surface area contributed by atoms with E-state index in [1.54, 1.807) is 0 Å². The van der Waals surface area contributed by atoms with E-state index < -0.39 is 5.97 Å². The van der Waals surface area contributed by atoms with Crippen LogP contribution in [0.3, 0.4) is 0 Å². The smallest absolute Gasteiger partial charge is 0.309 e. The number of hydrogen-bond acceptors (Lipinski definition) is 2. The SMILES string of the molecule is CN1CC(C(=O)O)C1(C)C. The molecule has 58 valence electrons. The Kier molecular flexibility index (Phi) is 1.47. The second-order valence-corrected chi connectivity index (χ2v) is 3.43. The predicted molar refractivity (Wildman–Crippen MR) is 37.8 cm³/mol. The van der Waals surface area contributed by atoms with Crippen LogP contribution in [-0.2, 0) is 4.79 Å². The Morgan fingerprint density at radius 3 is 2.30 bits per heavy atom. The van der Waals surface area contributed by atoms with Gasteiger partial charge in [-0.1, -0.05) is 0 Å². The number of nitrogens with zero attached hydrogens (tertiary/aromatic N) is 1. The quantitative estimate of drug-likeness (QED) is 0.578. The normalized spacial score (nSPS) is 31.3. The summed E-state index contributed by atoms with van der Waals surface area (Å²) >= 11 is 0. The molecule has 10 heavy (non-hydrogen) atoms. The summed E-state index contributed by atoms with van der Waals surface area (Å²) in [6, 6.07) is 0. The standard InChI is InChI=1S/C7H13NO2/c1-7(2)5(6(9)10)4-8(7)3/h5H,4H2,1-3H3,(H,9,10). The average molecular weight is 143 g/mol. The zero-order valence-corrected chi connectivity index (χ0v) is 6.59. The van der Waals surface area contributed by atoms with Gasteiger partial charge in [0, 0.05) is 12.1 Å². The molecular formula is C7H13NO2. The maximum Gasteiger partial charge on any atom is 0.309 e. The van der Waals surface area contributed by atoms with Crippen molar-refractivity contribution in [1.29, 1.82) is 0 Å². The molecule has 1 N–H and O–H groups in total. The molecule has 0 spiro atoms. The number of carboxylic acid groups (broad SMARTS) is 1. The molecule has 0 aromatic rings. The monoisotopic (exact) mass is 143 g/mol. The van der Waals surface area contributed by atoms with Gasteiger partial charge in [0.25, 0.3) is 0 Å². The van der Waals surface area contributed by atoms with Crippen LogP contribution in [0.5, 0.6) is 0 Å². The molecule has 1 heterocycles. The van der Waals surface area contributed by atoms with E-state index in [1.165, 1.54) is 0 Å². The van der Waals surface area contributed by atoms with Crippen molar-refractivity contribution in [1.82, 2.24) is 4.90 Å². The van der Waals surface area contributed by atoms with Crippen molar-refractivity contribution < 1.29 is 9.90 Å². The highest BCUT2D eigenvalue weighted by molar-refractivity contribution is 5.73. The lowest BCUT2D eigenvalue weighted by Crippen LogP contribution is -2.64. The lowest BCUT2D eigenvalue weighted by molar-refractivity contribution is -0.158. The molecule has 0 aliphatic carbocycles. The van der Waals surface area contributed by atoms with Gasteiger partial charge in [-0.15, -0.1) is 0 Å². The maximum absolute atomic E-state index is 10.5. The Hall–Kier alpha value is -0.570. The van der Waals surface area contributed by atoms with Gasteiger partial charge < -0.3 is 5.11 Å². The zero-order chi connectivity index (χ0) is 7.94. The van der Waals surface area contributed by atoms with Gasteiger partial charge in [0.2, 0.25) is 0 Å². The van der Waals surface area contributed by atoms with Gasteiger partial charge >= 0.3 is 5.97 Å². The second kappa shape index (κ2) is 1.95. The average Bonchev–Trinajstić information content (AvgIpc) is 1.82. The molecule has 1 atom stereocenters. The van der Waals surface area contributed by atoms with E-state index in [2.05, 4.69) is 0 Å². The molecule has 0 saturated carbocycles. The third-order valence-corrected chi connectivity index (χ3v) is 2.59. The molecule has 1 saturated heterocycles. The van der Waals surface area contributed by atoms with Crippen molar-refractivity contribution in [3.05, 3.63) is 0 Å². The van der Waals surface area contributed by atoms with E-state index in [9.17, 15) is 4.79 Å². The fourth-order valence-corrected chi connectivity index (χ4v) is 1.27. The topological polar surface area (TPSA) is 40.5 Å². The first-order chi connectivity index (χ1) is 4.46. The van der Waals surface area contributed by atoms with E-state index in [1.807, 2.05) is 25.8 Å². The van der Waals surface area contributed by atoms with E-state index in [0.717, 1.165) is 0 Å². The molecule has 0 radical (unpaired) electrons. The molecule has 1 aliphatic heterocycles. The summed E-state index contributed by atoms with van der Waals surface area (Å²) in [5.41, 5.74) is -0.147. The molecule has 0 aromatic carbocycles. The highest BCUT2D eigenvalue weighted by atomic mass is 16.4. The molecule has 1 fully saturated rings. The summed E-state index contributed by atoms with van der Waals surface area (Å²) in [6.45, 7) is 4.59. The van der Waals surface area contributed by atoms with Crippen molar-refractivity contribution in [2.45, 2.75) is 19.4 Å². The van der Waals surface area contributed by atoms with Crippen LogP contribution in [0.25, 0.3) is 0 Å². The molecule has 1 unspecified atom stereocenters. The minimum absolute atomic E-state index is 0.147. The highest BCUT2D eigenvalue weighted by Crippen LogP contribution is 2.33. The number of carbonyl (C=O) groups is 1. The van der Waals surface area contributed by atoms with Gasteiger partial charge in [-0.25, -0.2) is 0 Å². The number of rotatable bonds is 1. The molecule has 3 heteroatoms. The summed E-state index contributed by atoms with van der Waals surface area (Å²) in [5, 5.41) is 8.66. The lowest BCUT2D eigenvalue weighted by Gasteiger charge is -2.51. The maximum atomic E-state index is 10.5. The molecular weight excluding hydrogens is 130 g/mol. The highest BCUT2D eigenvalue weighted by Gasteiger charge is 2.48. The number of hydrogen-bond donors (Lipinski definition) is 1. The van der Waals surface area contributed by atoms with Gasteiger partial charge in [0.05, 0.1) is 5.92 Å². The van der Waals surface area contributed by atoms with Crippen LogP contribution < -0.4 is 0 Å². The number of likely N-dealkylation sites (tertiary alicyclic amines) is 1. The van der Waals surface area contributed by atoms with Crippen molar-refractivity contribution in [3.63, 3.8) is 0 Å². The summed E-state index contributed by atoms with van der Waals surface area (Å²) in [7, 11) is 1.94. The molecule has 0 aromatic heterocycles. The lowest BCUT2D eigenvalue weighted by atomic mass is 9.77. The van der Waals surface area contributed by atoms with Crippen LogP contribution in [-0.4, -0.2) is 35.1 Å². The van der Waals surface area contributed by atoms with Crippen LogP contribution in [0, 0.1) is 5.92 Å².